The first-order valence-electron chi connectivity index (χ1n) is 6.63. The molecular formula is C13H22N4OS. The Bertz CT molecular complexity index is 471. The van der Waals surface area contributed by atoms with Gasteiger partial charge in [-0.25, -0.2) is 0 Å². The van der Waals surface area contributed by atoms with Crippen LogP contribution in [0.3, 0.4) is 0 Å². The summed E-state index contributed by atoms with van der Waals surface area (Å²) < 4.78 is 1.68. The normalized spacial score (nSPS) is 22.7. The minimum absolute atomic E-state index is 0.0253. The van der Waals surface area contributed by atoms with E-state index in [1.165, 1.54) is 6.42 Å². The highest BCUT2D eigenvalue weighted by Crippen LogP contribution is 2.28. The molecular weight excluding hydrogens is 260 g/mol. The SMILES string of the molecule is CSC1CCC(NC(=O)Cn2nc(C)c(N)c2C)C1. The fourth-order valence-electron chi connectivity index (χ4n) is 2.56. The van der Waals surface area contributed by atoms with Crippen molar-refractivity contribution < 1.29 is 4.79 Å². The minimum atomic E-state index is 0.0253. The molecule has 1 aromatic rings. The number of carbonyl (C=O) groups is 1. The Hall–Kier alpha value is -1.17. The summed E-state index contributed by atoms with van der Waals surface area (Å²) in [7, 11) is 0. The van der Waals surface area contributed by atoms with E-state index in [2.05, 4.69) is 16.7 Å². The number of rotatable bonds is 4. The predicted molar refractivity (Wildman–Crippen MR) is 79.2 cm³/mol. The summed E-state index contributed by atoms with van der Waals surface area (Å²) in [6.07, 6.45) is 5.48. The molecule has 2 unspecified atom stereocenters. The van der Waals surface area contributed by atoms with E-state index in [4.69, 9.17) is 5.73 Å². The molecule has 2 rings (SSSR count). The summed E-state index contributed by atoms with van der Waals surface area (Å²) >= 11 is 1.89. The monoisotopic (exact) mass is 282 g/mol. The largest absolute Gasteiger partial charge is 0.396 e. The number of carbonyl (C=O) groups excluding carboxylic acids is 1. The van der Waals surface area contributed by atoms with Gasteiger partial charge in [-0.3, -0.25) is 9.48 Å². The zero-order valence-corrected chi connectivity index (χ0v) is 12.6. The average Bonchev–Trinajstić information content (AvgIpc) is 2.91. The second kappa shape index (κ2) is 5.86. The van der Waals surface area contributed by atoms with Gasteiger partial charge in [0, 0.05) is 11.3 Å². The molecule has 1 aliphatic rings. The second-order valence-corrected chi connectivity index (χ2v) is 6.32. The van der Waals surface area contributed by atoms with Crippen molar-refractivity contribution in [1.82, 2.24) is 15.1 Å². The molecule has 5 nitrogen and oxygen atoms in total. The molecule has 3 N–H and O–H groups in total. The van der Waals surface area contributed by atoms with E-state index in [0.29, 0.717) is 17.0 Å². The molecule has 6 heteroatoms. The van der Waals surface area contributed by atoms with Crippen molar-refractivity contribution in [3.05, 3.63) is 11.4 Å². The van der Waals surface area contributed by atoms with Gasteiger partial charge in [0.25, 0.3) is 0 Å². The summed E-state index contributed by atoms with van der Waals surface area (Å²) in [5.74, 6) is 0.0253. The molecule has 0 bridgehead atoms. The third-order valence-corrected chi connectivity index (χ3v) is 4.91. The van der Waals surface area contributed by atoms with Crippen molar-refractivity contribution in [2.45, 2.75) is 50.9 Å². The number of nitrogens with one attached hydrogen (secondary N) is 1. The van der Waals surface area contributed by atoms with E-state index >= 15 is 0 Å². The Morgan fingerprint density at radius 2 is 2.26 bits per heavy atom. The van der Waals surface area contributed by atoms with Crippen molar-refractivity contribution in [1.29, 1.82) is 0 Å². The molecule has 1 amide bonds. The van der Waals surface area contributed by atoms with E-state index in [0.717, 1.165) is 24.2 Å². The lowest BCUT2D eigenvalue weighted by molar-refractivity contribution is -0.122. The highest BCUT2D eigenvalue weighted by molar-refractivity contribution is 7.99. The van der Waals surface area contributed by atoms with Gasteiger partial charge in [-0.2, -0.15) is 16.9 Å². The van der Waals surface area contributed by atoms with E-state index in [1.807, 2.05) is 25.6 Å². The van der Waals surface area contributed by atoms with Gasteiger partial charge in [-0.15, -0.1) is 0 Å². The van der Waals surface area contributed by atoms with Gasteiger partial charge in [0.2, 0.25) is 5.91 Å². The van der Waals surface area contributed by atoms with E-state index < -0.39 is 0 Å². The Kier molecular flexibility index (Phi) is 4.39. The number of aromatic nitrogens is 2. The molecule has 1 heterocycles. The fraction of sp³-hybridized carbons (Fsp3) is 0.692. The molecule has 1 aromatic heterocycles. The van der Waals surface area contributed by atoms with Crippen molar-refractivity contribution in [3.63, 3.8) is 0 Å². The van der Waals surface area contributed by atoms with Crippen LogP contribution >= 0.6 is 11.8 Å². The summed E-state index contributed by atoms with van der Waals surface area (Å²) in [5.41, 5.74) is 8.19. The Balaban J connectivity index is 1.89. The number of aryl methyl sites for hydroxylation is 1. The zero-order valence-electron chi connectivity index (χ0n) is 11.8. The first kappa shape index (κ1) is 14.2. The van der Waals surface area contributed by atoms with Gasteiger partial charge in [-0.05, 0) is 39.4 Å². The number of hydrogen-bond acceptors (Lipinski definition) is 4. The van der Waals surface area contributed by atoms with Gasteiger partial charge < -0.3 is 11.1 Å². The highest BCUT2D eigenvalue weighted by Gasteiger charge is 2.25. The van der Waals surface area contributed by atoms with Crippen LogP contribution in [-0.2, 0) is 11.3 Å². The maximum atomic E-state index is 12.0. The van der Waals surface area contributed by atoms with E-state index in [9.17, 15) is 4.79 Å². The first-order valence-corrected chi connectivity index (χ1v) is 7.91. The van der Waals surface area contributed by atoms with Crippen molar-refractivity contribution in [2.75, 3.05) is 12.0 Å². The van der Waals surface area contributed by atoms with Gasteiger partial charge in [0.1, 0.15) is 6.54 Å². The van der Waals surface area contributed by atoms with Crippen LogP contribution in [0.5, 0.6) is 0 Å². The smallest absolute Gasteiger partial charge is 0.241 e. The van der Waals surface area contributed by atoms with Crippen molar-refractivity contribution in [2.24, 2.45) is 0 Å². The summed E-state index contributed by atoms with van der Waals surface area (Å²) in [5, 5.41) is 8.07. The van der Waals surface area contributed by atoms with Crippen LogP contribution in [0.2, 0.25) is 0 Å². The fourth-order valence-corrected chi connectivity index (χ4v) is 3.36. The summed E-state index contributed by atoms with van der Waals surface area (Å²) in [4.78, 5) is 12.0. The molecule has 1 saturated carbocycles. The maximum absolute atomic E-state index is 12.0. The van der Waals surface area contributed by atoms with Crippen LogP contribution in [0.15, 0.2) is 0 Å². The zero-order chi connectivity index (χ0) is 14.0. The van der Waals surface area contributed by atoms with Crippen molar-refractivity contribution >= 4 is 23.4 Å². The lowest BCUT2D eigenvalue weighted by Crippen LogP contribution is -2.36. The molecule has 1 fully saturated rings. The minimum Gasteiger partial charge on any atom is -0.396 e. The lowest BCUT2D eigenvalue weighted by atomic mass is 10.2. The van der Waals surface area contributed by atoms with Crippen LogP contribution in [0.4, 0.5) is 5.69 Å². The number of nitrogen functional groups attached to an aromatic ring is 1. The van der Waals surface area contributed by atoms with Crippen LogP contribution in [0, 0.1) is 13.8 Å². The van der Waals surface area contributed by atoms with Gasteiger partial charge >= 0.3 is 0 Å². The standard InChI is InChI=1S/C13H22N4OS/c1-8-13(14)9(2)17(16-8)7-12(18)15-10-4-5-11(6-10)19-3/h10-11H,4-7,14H2,1-3H3,(H,15,18). The third kappa shape index (κ3) is 3.23. The molecule has 2 atom stereocenters. The second-order valence-electron chi connectivity index (χ2n) is 5.18. The number of nitrogens with two attached hydrogens (primary N) is 1. The number of hydrogen-bond donors (Lipinski definition) is 2. The molecule has 0 aliphatic heterocycles. The Labute approximate surface area is 118 Å². The van der Waals surface area contributed by atoms with Crippen molar-refractivity contribution in [3.8, 4) is 0 Å². The molecule has 0 spiro atoms. The van der Waals surface area contributed by atoms with Gasteiger partial charge in [-0.1, -0.05) is 0 Å². The van der Waals surface area contributed by atoms with E-state index in [-0.39, 0.29) is 12.5 Å². The molecule has 0 radical (unpaired) electrons. The first-order chi connectivity index (χ1) is 9.01. The molecule has 106 valence electrons. The highest BCUT2D eigenvalue weighted by atomic mass is 32.2. The Morgan fingerprint density at radius 1 is 1.53 bits per heavy atom. The average molecular weight is 282 g/mol. The van der Waals surface area contributed by atoms with Crippen LogP contribution < -0.4 is 11.1 Å². The van der Waals surface area contributed by atoms with Crippen LogP contribution in [0.1, 0.15) is 30.7 Å². The maximum Gasteiger partial charge on any atom is 0.241 e. The molecule has 1 aliphatic carbocycles. The summed E-state index contributed by atoms with van der Waals surface area (Å²) in [6, 6.07) is 0.319. The van der Waals surface area contributed by atoms with E-state index in [1.54, 1.807) is 4.68 Å². The number of thioether (sulfide) groups is 1. The number of nitrogens with zero attached hydrogens (tertiary/aromatic N) is 2. The quantitative estimate of drug-likeness (QED) is 0.877. The molecule has 0 saturated heterocycles. The Morgan fingerprint density at radius 3 is 2.79 bits per heavy atom. The van der Waals surface area contributed by atoms with Gasteiger partial charge in [0.15, 0.2) is 0 Å². The predicted octanol–water partition coefficient (Wildman–Crippen LogP) is 1.48. The topological polar surface area (TPSA) is 72.9 Å². The van der Waals surface area contributed by atoms with Gasteiger partial charge in [0.05, 0.1) is 17.1 Å². The molecule has 0 aromatic carbocycles. The number of amides is 1. The third-order valence-electron chi connectivity index (χ3n) is 3.81. The molecule has 19 heavy (non-hydrogen) atoms. The van der Waals surface area contributed by atoms with Crippen LogP contribution in [0.25, 0.3) is 0 Å². The van der Waals surface area contributed by atoms with Crippen LogP contribution in [-0.4, -0.2) is 33.2 Å². The summed E-state index contributed by atoms with van der Waals surface area (Å²) in [6.45, 7) is 4.00. The number of anilines is 1. The lowest BCUT2D eigenvalue weighted by Gasteiger charge is -2.13.